The fourth-order valence-corrected chi connectivity index (χ4v) is 1.93. The number of nitrogens with zero attached hydrogens (tertiary/aromatic N) is 2. The third-order valence-corrected chi connectivity index (χ3v) is 3.15. The third kappa shape index (κ3) is 4.57. The molecule has 0 spiro atoms. The van der Waals surface area contributed by atoms with Crippen molar-refractivity contribution in [1.82, 2.24) is 10.3 Å². The second kappa shape index (κ2) is 7.98. The highest BCUT2D eigenvalue weighted by molar-refractivity contribution is 5.77. The summed E-state index contributed by atoms with van der Waals surface area (Å²) in [4.78, 5) is 8.14. The van der Waals surface area contributed by atoms with E-state index < -0.39 is 0 Å². The van der Waals surface area contributed by atoms with Gasteiger partial charge in [-0.2, -0.15) is 0 Å². The topological polar surface area (TPSA) is 81.8 Å². The van der Waals surface area contributed by atoms with Crippen LogP contribution in [0.5, 0.6) is 11.5 Å². The minimum atomic E-state index is -0.382. The Hall–Kier alpha value is -2.83. The number of guanidine groups is 1. The number of nitrogens with two attached hydrogens (primary N) is 1. The summed E-state index contributed by atoms with van der Waals surface area (Å²) >= 11 is 0. The molecule has 0 saturated heterocycles. The van der Waals surface area contributed by atoms with E-state index in [1.54, 1.807) is 20.3 Å². The van der Waals surface area contributed by atoms with Crippen molar-refractivity contribution in [3.63, 3.8) is 0 Å². The van der Waals surface area contributed by atoms with Gasteiger partial charge < -0.3 is 20.5 Å². The van der Waals surface area contributed by atoms with Crippen LogP contribution in [0.2, 0.25) is 0 Å². The predicted molar refractivity (Wildman–Crippen MR) is 85.9 cm³/mol. The zero-order chi connectivity index (χ0) is 16.7. The van der Waals surface area contributed by atoms with Crippen LogP contribution < -0.4 is 20.5 Å². The van der Waals surface area contributed by atoms with Crippen LogP contribution in [0.1, 0.15) is 11.3 Å². The van der Waals surface area contributed by atoms with Gasteiger partial charge in [-0.3, -0.25) is 4.98 Å². The maximum Gasteiger partial charge on any atom is 0.189 e. The molecule has 23 heavy (non-hydrogen) atoms. The van der Waals surface area contributed by atoms with Gasteiger partial charge in [0.15, 0.2) is 17.5 Å². The second-order valence-electron chi connectivity index (χ2n) is 4.68. The third-order valence-electron chi connectivity index (χ3n) is 3.15. The maximum atomic E-state index is 13.4. The fourth-order valence-electron chi connectivity index (χ4n) is 1.93. The van der Waals surface area contributed by atoms with Crippen LogP contribution in [0.25, 0.3) is 0 Å². The molecule has 0 saturated carbocycles. The number of halogens is 1. The number of nitrogens with one attached hydrogen (secondary N) is 1. The Morgan fingerprint density at radius 1 is 1.26 bits per heavy atom. The molecule has 0 atom stereocenters. The van der Waals surface area contributed by atoms with Crippen molar-refractivity contribution >= 4 is 5.96 Å². The predicted octanol–water partition coefficient (Wildman–Crippen LogP) is 1.84. The van der Waals surface area contributed by atoms with Gasteiger partial charge in [-0.25, -0.2) is 9.38 Å². The Morgan fingerprint density at radius 3 is 2.74 bits per heavy atom. The Morgan fingerprint density at radius 2 is 2.04 bits per heavy atom. The standard InChI is InChI=1S/C16H19FN4O2/c1-22-14-6-5-11(8-15(14)23-2)9-20-16(18)21-10-13-12(17)4-3-7-19-13/h3-8H,9-10H2,1-2H3,(H3,18,20,21). The van der Waals surface area contributed by atoms with Crippen molar-refractivity contribution < 1.29 is 13.9 Å². The molecule has 2 rings (SSSR count). The number of ether oxygens (including phenoxy) is 2. The van der Waals surface area contributed by atoms with Crippen LogP contribution in [0.4, 0.5) is 4.39 Å². The smallest absolute Gasteiger partial charge is 0.189 e. The average molecular weight is 318 g/mol. The number of methoxy groups -OCH3 is 2. The normalized spacial score (nSPS) is 11.2. The highest BCUT2D eigenvalue weighted by Gasteiger charge is 2.05. The summed E-state index contributed by atoms with van der Waals surface area (Å²) in [7, 11) is 3.15. The summed E-state index contributed by atoms with van der Waals surface area (Å²) < 4.78 is 23.8. The lowest BCUT2D eigenvalue weighted by atomic mass is 10.2. The number of hydrogen-bond donors (Lipinski definition) is 2. The van der Waals surface area contributed by atoms with E-state index in [0.29, 0.717) is 18.0 Å². The molecular formula is C16H19FN4O2. The molecule has 2 aromatic rings. The Kier molecular flexibility index (Phi) is 5.74. The second-order valence-corrected chi connectivity index (χ2v) is 4.68. The van der Waals surface area contributed by atoms with E-state index in [-0.39, 0.29) is 24.0 Å². The zero-order valence-corrected chi connectivity index (χ0v) is 13.0. The van der Waals surface area contributed by atoms with E-state index in [1.165, 1.54) is 18.3 Å². The van der Waals surface area contributed by atoms with Gasteiger partial charge in [0.05, 0.1) is 33.0 Å². The van der Waals surface area contributed by atoms with Gasteiger partial charge in [-0.05, 0) is 29.8 Å². The first kappa shape index (κ1) is 16.5. The maximum absolute atomic E-state index is 13.4. The largest absolute Gasteiger partial charge is 0.493 e. The molecule has 6 nitrogen and oxygen atoms in total. The van der Waals surface area contributed by atoms with Crippen LogP contribution in [0.3, 0.4) is 0 Å². The lowest BCUT2D eigenvalue weighted by Crippen LogP contribution is -2.31. The summed E-state index contributed by atoms with van der Waals surface area (Å²) in [6, 6.07) is 8.38. The van der Waals surface area contributed by atoms with E-state index in [4.69, 9.17) is 15.2 Å². The monoisotopic (exact) mass is 318 g/mol. The fraction of sp³-hybridized carbons (Fsp3) is 0.250. The first-order chi connectivity index (χ1) is 11.1. The van der Waals surface area contributed by atoms with Crippen molar-refractivity contribution in [2.24, 2.45) is 10.7 Å². The van der Waals surface area contributed by atoms with Gasteiger partial charge >= 0.3 is 0 Å². The molecule has 0 aliphatic heterocycles. The highest BCUT2D eigenvalue weighted by atomic mass is 19.1. The van der Waals surface area contributed by atoms with Crippen molar-refractivity contribution in [3.05, 3.63) is 53.6 Å². The van der Waals surface area contributed by atoms with Gasteiger partial charge in [0.2, 0.25) is 0 Å². The Labute approximate surface area is 134 Å². The molecule has 0 unspecified atom stereocenters. The zero-order valence-electron chi connectivity index (χ0n) is 13.0. The summed E-state index contributed by atoms with van der Waals surface area (Å²) in [5, 5.41) is 2.83. The van der Waals surface area contributed by atoms with Crippen LogP contribution in [0, 0.1) is 5.82 Å². The Bertz CT molecular complexity index is 692. The summed E-state index contributed by atoms with van der Waals surface area (Å²) in [5.74, 6) is 1.11. The SMILES string of the molecule is COc1ccc(CN=C(N)NCc2ncccc2F)cc1OC. The summed E-state index contributed by atoms with van der Waals surface area (Å²) in [5.41, 5.74) is 6.98. The minimum absolute atomic E-state index is 0.175. The van der Waals surface area contributed by atoms with Crippen molar-refractivity contribution in [2.45, 2.75) is 13.1 Å². The number of benzene rings is 1. The van der Waals surface area contributed by atoms with Gasteiger partial charge in [0.1, 0.15) is 5.82 Å². The lowest BCUT2D eigenvalue weighted by Gasteiger charge is -2.09. The highest BCUT2D eigenvalue weighted by Crippen LogP contribution is 2.27. The summed E-state index contributed by atoms with van der Waals surface area (Å²) in [6.07, 6.45) is 1.52. The first-order valence-corrected chi connectivity index (χ1v) is 6.98. The molecule has 0 aliphatic carbocycles. The molecule has 0 amide bonds. The number of aliphatic imine (C=N–C) groups is 1. The van der Waals surface area contributed by atoms with Gasteiger partial charge in [0.25, 0.3) is 0 Å². The number of hydrogen-bond acceptors (Lipinski definition) is 4. The van der Waals surface area contributed by atoms with Crippen LogP contribution in [-0.2, 0) is 13.1 Å². The average Bonchev–Trinajstić information content (AvgIpc) is 2.58. The number of pyridine rings is 1. The molecule has 0 bridgehead atoms. The molecule has 7 heteroatoms. The molecule has 1 heterocycles. The number of rotatable bonds is 6. The van der Waals surface area contributed by atoms with Gasteiger partial charge in [-0.15, -0.1) is 0 Å². The van der Waals surface area contributed by atoms with Gasteiger partial charge in [-0.1, -0.05) is 6.07 Å². The number of aromatic nitrogens is 1. The van der Waals surface area contributed by atoms with E-state index in [2.05, 4.69) is 15.3 Å². The molecule has 0 fully saturated rings. The molecule has 3 N–H and O–H groups in total. The quantitative estimate of drug-likeness (QED) is 0.627. The van der Waals surface area contributed by atoms with Crippen LogP contribution >= 0.6 is 0 Å². The van der Waals surface area contributed by atoms with E-state index in [9.17, 15) is 4.39 Å². The molecular weight excluding hydrogens is 299 g/mol. The minimum Gasteiger partial charge on any atom is -0.493 e. The van der Waals surface area contributed by atoms with Crippen molar-refractivity contribution in [2.75, 3.05) is 14.2 Å². The molecule has 0 radical (unpaired) electrons. The molecule has 1 aromatic carbocycles. The lowest BCUT2D eigenvalue weighted by molar-refractivity contribution is 0.354. The van der Waals surface area contributed by atoms with Crippen LogP contribution in [0.15, 0.2) is 41.5 Å². The molecule has 1 aromatic heterocycles. The summed E-state index contributed by atoms with van der Waals surface area (Å²) in [6.45, 7) is 0.540. The molecule has 122 valence electrons. The van der Waals surface area contributed by atoms with E-state index in [0.717, 1.165) is 5.56 Å². The first-order valence-electron chi connectivity index (χ1n) is 6.98. The van der Waals surface area contributed by atoms with E-state index in [1.807, 2.05) is 12.1 Å². The Balaban J connectivity index is 1.95. The van der Waals surface area contributed by atoms with Crippen molar-refractivity contribution in [1.29, 1.82) is 0 Å². The molecule has 0 aliphatic rings. The van der Waals surface area contributed by atoms with Gasteiger partial charge in [0, 0.05) is 6.20 Å². The van der Waals surface area contributed by atoms with E-state index >= 15 is 0 Å². The van der Waals surface area contributed by atoms with Crippen LogP contribution in [-0.4, -0.2) is 25.2 Å². The van der Waals surface area contributed by atoms with Crippen molar-refractivity contribution in [3.8, 4) is 11.5 Å².